The molecule has 6 heteroatoms. The normalized spacial score (nSPS) is 16.0. The summed E-state index contributed by atoms with van der Waals surface area (Å²) in [5.74, 6) is -1.81. The molecule has 0 saturated carbocycles. The van der Waals surface area contributed by atoms with Gasteiger partial charge in [-0.05, 0) is 30.5 Å². The number of hydrogen-bond acceptors (Lipinski definition) is 3. The summed E-state index contributed by atoms with van der Waals surface area (Å²) in [5.41, 5.74) is 4.12. The Morgan fingerprint density at radius 2 is 1.82 bits per heavy atom. The summed E-state index contributed by atoms with van der Waals surface area (Å²) in [7, 11) is 0. The van der Waals surface area contributed by atoms with E-state index in [-0.39, 0.29) is 36.6 Å². The number of carbonyl (C=O) groups excluding carboxylic acids is 1. The van der Waals surface area contributed by atoms with Gasteiger partial charge in [-0.3, -0.25) is 4.79 Å². The lowest BCUT2D eigenvalue weighted by molar-refractivity contribution is -0.135. The van der Waals surface area contributed by atoms with Crippen LogP contribution in [-0.2, 0) is 16.2 Å². The third-order valence-corrected chi connectivity index (χ3v) is 6.14. The minimum atomic E-state index is -0.672. The maximum Gasteiger partial charge on any atom is 0.230 e. The number of halogens is 2. The maximum atomic E-state index is 14.5. The molecule has 1 aliphatic rings. The van der Waals surface area contributed by atoms with Crippen molar-refractivity contribution in [2.75, 3.05) is 6.54 Å². The molecule has 3 aromatic rings. The van der Waals surface area contributed by atoms with Crippen LogP contribution in [0.5, 0.6) is 0 Å². The number of nitrogens with zero attached hydrogens (tertiary/aromatic N) is 2. The molecule has 2 unspecified atom stereocenters. The zero-order chi connectivity index (χ0) is 24.1. The van der Waals surface area contributed by atoms with Gasteiger partial charge in [0, 0.05) is 24.6 Å². The highest BCUT2D eigenvalue weighted by Gasteiger charge is 2.31. The molecule has 0 saturated heterocycles. The first-order chi connectivity index (χ1) is 16.4. The van der Waals surface area contributed by atoms with Crippen LogP contribution in [0.3, 0.4) is 0 Å². The molecule has 0 bridgehead atoms. The second-order valence-corrected chi connectivity index (χ2v) is 8.66. The van der Waals surface area contributed by atoms with Crippen LogP contribution in [0, 0.1) is 18.6 Å². The van der Waals surface area contributed by atoms with Crippen molar-refractivity contribution >= 4 is 11.6 Å². The first-order valence-electron chi connectivity index (χ1n) is 11.5. The number of aryl methyl sites for hydroxylation is 1. The van der Waals surface area contributed by atoms with Gasteiger partial charge in [-0.1, -0.05) is 78.3 Å². The molecule has 0 aromatic heterocycles. The summed E-state index contributed by atoms with van der Waals surface area (Å²) in [6, 6.07) is 21.0. The summed E-state index contributed by atoms with van der Waals surface area (Å²) in [6.45, 7) is 4.25. The van der Waals surface area contributed by atoms with E-state index in [4.69, 9.17) is 4.84 Å². The van der Waals surface area contributed by atoms with Crippen molar-refractivity contribution in [2.45, 2.75) is 45.3 Å². The van der Waals surface area contributed by atoms with Crippen molar-refractivity contribution in [3.8, 4) is 0 Å². The van der Waals surface area contributed by atoms with E-state index in [1.165, 1.54) is 12.1 Å². The Labute approximate surface area is 198 Å². The fourth-order valence-corrected chi connectivity index (χ4v) is 4.24. The molecule has 176 valence electrons. The van der Waals surface area contributed by atoms with Gasteiger partial charge in [0.2, 0.25) is 5.91 Å². The predicted octanol–water partition coefficient (Wildman–Crippen LogP) is 5.99. The standard InChI is InChI=1S/C28H28F2N2O2/c1-3-25(20-7-5-4-6-8-20)28(33)32(17-22-13-14-23(29)15-26(22)30)18-24-16-27(31-34-24)21-11-9-19(2)10-12-21/h4-15,24-25H,3,16-18H2,1-2H3. The van der Waals surface area contributed by atoms with Crippen LogP contribution < -0.4 is 0 Å². The maximum absolute atomic E-state index is 14.5. The van der Waals surface area contributed by atoms with Gasteiger partial charge in [-0.25, -0.2) is 8.78 Å². The van der Waals surface area contributed by atoms with Gasteiger partial charge in [0.1, 0.15) is 11.6 Å². The van der Waals surface area contributed by atoms with Gasteiger partial charge in [0.15, 0.2) is 6.10 Å². The van der Waals surface area contributed by atoms with Crippen molar-refractivity contribution in [3.05, 3.63) is 107 Å². The predicted molar refractivity (Wildman–Crippen MR) is 128 cm³/mol. The Balaban J connectivity index is 1.55. The lowest BCUT2D eigenvalue weighted by atomic mass is 9.94. The van der Waals surface area contributed by atoms with Gasteiger partial charge in [0.05, 0.1) is 18.2 Å². The summed E-state index contributed by atoms with van der Waals surface area (Å²) >= 11 is 0. The van der Waals surface area contributed by atoms with E-state index in [1.807, 2.05) is 68.4 Å². The average molecular weight is 463 g/mol. The van der Waals surface area contributed by atoms with Crippen LogP contribution in [0.4, 0.5) is 8.78 Å². The molecule has 34 heavy (non-hydrogen) atoms. The molecule has 1 heterocycles. The number of carbonyl (C=O) groups is 1. The summed E-state index contributed by atoms with van der Waals surface area (Å²) in [6.07, 6.45) is 0.792. The zero-order valence-corrected chi connectivity index (χ0v) is 19.4. The lowest BCUT2D eigenvalue weighted by Crippen LogP contribution is -2.40. The molecule has 0 fully saturated rings. The highest BCUT2D eigenvalue weighted by Crippen LogP contribution is 2.26. The van der Waals surface area contributed by atoms with Crippen LogP contribution in [-0.4, -0.2) is 29.2 Å². The smallest absolute Gasteiger partial charge is 0.230 e. The second-order valence-electron chi connectivity index (χ2n) is 8.66. The van der Waals surface area contributed by atoms with Crippen LogP contribution in [0.15, 0.2) is 78.0 Å². The van der Waals surface area contributed by atoms with Crippen molar-refractivity contribution in [2.24, 2.45) is 5.16 Å². The van der Waals surface area contributed by atoms with Crippen LogP contribution >= 0.6 is 0 Å². The van der Waals surface area contributed by atoms with Crippen molar-refractivity contribution in [1.82, 2.24) is 4.90 Å². The van der Waals surface area contributed by atoms with Crippen LogP contribution in [0.1, 0.15) is 47.9 Å². The topological polar surface area (TPSA) is 41.9 Å². The van der Waals surface area contributed by atoms with Crippen molar-refractivity contribution in [1.29, 1.82) is 0 Å². The van der Waals surface area contributed by atoms with Crippen molar-refractivity contribution < 1.29 is 18.4 Å². The van der Waals surface area contributed by atoms with E-state index in [0.29, 0.717) is 12.8 Å². The Hall–Kier alpha value is -3.54. The molecule has 1 aliphatic heterocycles. The zero-order valence-electron chi connectivity index (χ0n) is 19.4. The highest BCUT2D eigenvalue weighted by molar-refractivity contribution is 6.01. The third kappa shape index (κ3) is 5.50. The molecule has 0 radical (unpaired) electrons. The molecule has 3 aromatic carbocycles. The number of benzene rings is 3. The fraction of sp³-hybridized carbons (Fsp3) is 0.286. The molecule has 4 rings (SSSR count). The van der Waals surface area contributed by atoms with E-state index >= 15 is 0 Å². The first-order valence-corrected chi connectivity index (χ1v) is 11.5. The number of oxime groups is 1. The largest absolute Gasteiger partial charge is 0.390 e. The van der Waals surface area contributed by atoms with Crippen LogP contribution in [0.2, 0.25) is 0 Å². The molecule has 0 spiro atoms. The monoisotopic (exact) mass is 462 g/mol. The highest BCUT2D eigenvalue weighted by atomic mass is 19.1. The van der Waals surface area contributed by atoms with Gasteiger partial charge in [-0.2, -0.15) is 0 Å². The van der Waals surface area contributed by atoms with E-state index in [1.54, 1.807) is 4.90 Å². The fourth-order valence-electron chi connectivity index (χ4n) is 4.24. The Kier molecular flexibility index (Phi) is 7.36. The van der Waals surface area contributed by atoms with Crippen LogP contribution in [0.25, 0.3) is 0 Å². The third-order valence-electron chi connectivity index (χ3n) is 6.14. The molecule has 4 nitrogen and oxygen atoms in total. The van der Waals surface area contributed by atoms with E-state index in [0.717, 1.165) is 28.5 Å². The Morgan fingerprint density at radius 1 is 1.09 bits per heavy atom. The quantitative estimate of drug-likeness (QED) is 0.413. The number of rotatable bonds is 8. The van der Waals surface area contributed by atoms with E-state index in [9.17, 15) is 13.6 Å². The Bertz CT molecular complexity index is 1160. The molecule has 1 amide bonds. The Morgan fingerprint density at radius 3 is 2.50 bits per heavy atom. The second kappa shape index (κ2) is 10.6. The average Bonchev–Trinajstić information content (AvgIpc) is 3.30. The summed E-state index contributed by atoms with van der Waals surface area (Å²) in [5, 5.41) is 4.24. The molecule has 0 aliphatic carbocycles. The lowest BCUT2D eigenvalue weighted by Gasteiger charge is -2.29. The number of amides is 1. The number of hydrogen-bond donors (Lipinski definition) is 0. The molecule has 0 N–H and O–H groups in total. The summed E-state index contributed by atoms with van der Waals surface area (Å²) < 4.78 is 27.9. The van der Waals surface area contributed by atoms with Crippen molar-refractivity contribution in [3.63, 3.8) is 0 Å². The summed E-state index contributed by atoms with van der Waals surface area (Å²) in [4.78, 5) is 21.0. The first kappa shape index (κ1) is 23.6. The van der Waals surface area contributed by atoms with Gasteiger partial charge in [-0.15, -0.1) is 0 Å². The van der Waals surface area contributed by atoms with Gasteiger partial charge >= 0.3 is 0 Å². The van der Waals surface area contributed by atoms with Gasteiger partial charge in [0.25, 0.3) is 0 Å². The SMILES string of the molecule is CCC(C(=O)N(Cc1ccc(F)cc1F)CC1CC(c2ccc(C)cc2)=NO1)c1ccccc1. The molecular weight excluding hydrogens is 434 g/mol. The van der Waals surface area contributed by atoms with E-state index < -0.39 is 11.6 Å². The molecule has 2 atom stereocenters. The van der Waals surface area contributed by atoms with Gasteiger partial charge < -0.3 is 9.74 Å². The van der Waals surface area contributed by atoms with E-state index in [2.05, 4.69) is 5.16 Å². The molecular formula is C28H28F2N2O2. The minimum absolute atomic E-state index is 0.0218. The minimum Gasteiger partial charge on any atom is -0.390 e.